The average Bonchev–Trinajstić information content (AvgIpc) is 3.14. The maximum absolute atomic E-state index is 12.2. The van der Waals surface area contributed by atoms with Crippen LogP contribution in [0.4, 0.5) is 4.79 Å². The molecule has 0 unspecified atom stereocenters. The minimum atomic E-state index is 0.0290. The zero-order valence-electron chi connectivity index (χ0n) is 13.3. The highest BCUT2D eigenvalue weighted by Gasteiger charge is 2.23. The summed E-state index contributed by atoms with van der Waals surface area (Å²) in [6.45, 7) is 3.11. The van der Waals surface area contributed by atoms with E-state index in [0.29, 0.717) is 12.5 Å². The smallest absolute Gasteiger partial charge is 0.329 e. The van der Waals surface area contributed by atoms with Crippen molar-refractivity contribution < 1.29 is 9.53 Å². The van der Waals surface area contributed by atoms with Crippen LogP contribution in [0.25, 0.3) is 0 Å². The average molecular weight is 313 g/mol. The summed E-state index contributed by atoms with van der Waals surface area (Å²) in [6.07, 6.45) is 8.07. The first-order chi connectivity index (χ1) is 11.3. The summed E-state index contributed by atoms with van der Waals surface area (Å²) in [7, 11) is 0. The van der Waals surface area contributed by atoms with Gasteiger partial charge in [-0.1, -0.05) is 30.3 Å². The molecule has 0 aliphatic carbocycles. The maximum atomic E-state index is 12.2. The zero-order valence-corrected chi connectivity index (χ0v) is 13.3. The zero-order chi connectivity index (χ0) is 15.9. The molecule has 1 saturated heterocycles. The number of rotatable bonds is 5. The van der Waals surface area contributed by atoms with Gasteiger partial charge in [-0.15, -0.1) is 0 Å². The minimum Gasteiger partial charge on any atom is -0.377 e. The Bertz CT molecular complexity index is 590. The number of ether oxygens (including phenoxy) is 1. The van der Waals surface area contributed by atoms with Gasteiger partial charge in [0.1, 0.15) is 6.33 Å². The van der Waals surface area contributed by atoms with Gasteiger partial charge in [-0.25, -0.2) is 9.78 Å². The first-order valence-corrected chi connectivity index (χ1v) is 8.22. The highest BCUT2D eigenvalue weighted by molar-refractivity contribution is 5.76. The number of carbonyl (C=O) groups excluding carboxylic acids is 1. The molecule has 0 bridgehead atoms. The fraction of sp³-hybridized carbons (Fsp3) is 0.444. The highest BCUT2D eigenvalue weighted by atomic mass is 16.5. The van der Waals surface area contributed by atoms with E-state index >= 15 is 0 Å². The van der Waals surface area contributed by atoms with Crippen molar-refractivity contribution in [2.45, 2.75) is 25.9 Å². The van der Waals surface area contributed by atoms with Crippen LogP contribution in [0.15, 0.2) is 49.1 Å². The Morgan fingerprint density at radius 3 is 2.70 bits per heavy atom. The first kappa shape index (κ1) is 15.7. The summed E-state index contributed by atoms with van der Waals surface area (Å²) >= 11 is 0. The number of amides is 1. The van der Waals surface area contributed by atoms with Gasteiger partial charge in [0.15, 0.2) is 0 Å². The Hall–Kier alpha value is -2.14. The van der Waals surface area contributed by atoms with Crippen LogP contribution >= 0.6 is 0 Å². The topological polar surface area (TPSA) is 47.4 Å². The number of carbonyl (C=O) groups is 1. The number of imidazole rings is 1. The van der Waals surface area contributed by atoms with Gasteiger partial charge in [0.05, 0.1) is 6.61 Å². The summed E-state index contributed by atoms with van der Waals surface area (Å²) in [4.78, 5) is 18.0. The van der Waals surface area contributed by atoms with Crippen LogP contribution in [-0.4, -0.2) is 40.2 Å². The maximum Gasteiger partial charge on any atom is 0.329 e. The molecule has 1 aromatic heterocycles. The number of hydrogen-bond acceptors (Lipinski definition) is 3. The molecular formula is C18H23N3O2. The van der Waals surface area contributed by atoms with Gasteiger partial charge >= 0.3 is 6.03 Å². The van der Waals surface area contributed by atoms with Crippen molar-refractivity contribution in [3.8, 4) is 0 Å². The second-order valence-corrected chi connectivity index (χ2v) is 6.01. The van der Waals surface area contributed by atoms with Crippen molar-refractivity contribution >= 4 is 6.03 Å². The highest BCUT2D eigenvalue weighted by Crippen LogP contribution is 2.21. The molecule has 1 aliphatic heterocycles. The van der Waals surface area contributed by atoms with Gasteiger partial charge in [-0.3, -0.25) is 4.57 Å². The van der Waals surface area contributed by atoms with E-state index in [2.05, 4.69) is 17.1 Å². The number of piperidine rings is 1. The summed E-state index contributed by atoms with van der Waals surface area (Å²) in [6, 6.07) is 10.3. The molecule has 1 aromatic carbocycles. The Labute approximate surface area is 136 Å². The van der Waals surface area contributed by atoms with Crippen LogP contribution in [0, 0.1) is 5.92 Å². The van der Waals surface area contributed by atoms with E-state index in [9.17, 15) is 4.79 Å². The summed E-state index contributed by atoms with van der Waals surface area (Å²) in [5, 5.41) is 0. The number of likely N-dealkylation sites (tertiary alicyclic amines) is 1. The lowest BCUT2D eigenvalue weighted by molar-refractivity contribution is 0.0947. The monoisotopic (exact) mass is 313 g/mol. The quantitative estimate of drug-likeness (QED) is 0.797. The van der Waals surface area contributed by atoms with Crippen LogP contribution in [-0.2, 0) is 11.3 Å². The van der Waals surface area contributed by atoms with Crippen molar-refractivity contribution in [1.82, 2.24) is 14.5 Å². The van der Waals surface area contributed by atoms with E-state index in [0.717, 1.165) is 39.0 Å². The summed E-state index contributed by atoms with van der Waals surface area (Å²) < 4.78 is 7.31. The first-order valence-electron chi connectivity index (χ1n) is 8.22. The third-order valence-corrected chi connectivity index (χ3v) is 4.39. The fourth-order valence-electron chi connectivity index (χ4n) is 2.96. The Morgan fingerprint density at radius 2 is 2.00 bits per heavy atom. The Kier molecular flexibility index (Phi) is 5.42. The molecule has 1 aliphatic rings. The van der Waals surface area contributed by atoms with Crippen molar-refractivity contribution in [3.05, 3.63) is 54.6 Å². The molecule has 1 fully saturated rings. The van der Waals surface area contributed by atoms with E-state index in [1.54, 1.807) is 23.3 Å². The number of nitrogens with zero attached hydrogens (tertiary/aromatic N) is 3. The SMILES string of the molecule is O=C(N1CCC(CCOCc2ccccc2)CC1)n1ccnc1. The molecule has 0 spiro atoms. The van der Waals surface area contributed by atoms with Gasteiger partial charge < -0.3 is 9.64 Å². The van der Waals surface area contributed by atoms with Gasteiger partial charge in [-0.05, 0) is 30.7 Å². The van der Waals surface area contributed by atoms with Crippen molar-refractivity contribution in [2.75, 3.05) is 19.7 Å². The van der Waals surface area contributed by atoms with E-state index in [1.807, 2.05) is 23.1 Å². The summed E-state index contributed by atoms with van der Waals surface area (Å²) in [5.41, 5.74) is 1.22. The van der Waals surface area contributed by atoms with Crippen molar-refractivity contribution in [3.63, 3.8) is 0 Å². The normalized spacial score (nSPS) is 15.7. The molecule has 2 heterocycles. The molecular weight excluding hydrogens is 290 g/mol. The molecule has 23 heavy (non-hydrogen) atoms. The van der Waals surface area contributed by atoms with Gasteiger partial charge in [0.25, 0.3) is 0 Å². The molecule has 1 amide bonds. The lowest BCUT2D eigenvalue weighted by Gasteiger charge is -2.31. The molecule has 0 atom stereocenters. The Morgan fingerprint density at radius 1 is 1.22 bits per heavy atom. The van der Waals surface area contributed by atoms with Gasteiger partial charge in [0.2, 0.25) is 0 Å². The van der Waals surface area contributed by atoms with Crippen LogP contribution in [0.1, 0.15) is 24.8 Å². The molecule has 3 rings (SSSR count). The van der Waals surface area contributed by atoms with E-state index in [4.69, 9.17) is 4.74 Å². The third-order valence-electron chi connectivity index (χ3n) is 4.39. The lowest BCUT2D eigenvalue weighted by atomic mass is 9.94. The van der Waals surface area contributed by atoms with Crippen LogP contribution in [0.2, 0.25) is 0 Å². The van der Waals surface area contributed by atoms with E-state index in [1.165, 1.54) is 5.56 Å². The van der Waals surface area contributed by atoms with E-state index < -0.39 is 0 Å². The Balaban J connectivity index is 1.34. The standard InChI is InChI=1S/C18H23N3O2/c22-18(21-12-9-19-15-21)20-10-6-16(7-11-20)8-13-23-14-17-4-2-1-3-5-17/h1-5,9,12,15-16H,6-8,10-11,13-14H2. The predicted molar refractivity (Wildman–Crippen MR) is 88.0 cm³/mol. The molecule has 5 heteroatoms. The summed E-state index contributed by atoms with van der Waals surface area (Å²) in [5.74, 6) is 0.651. The van der Waals surface area contributed by atoms with Gasteiger partial charge in [0, 0.05) is 32.1 Å². The third kappa shape index (κ3) is 4.42. The molecule has 5 nitrogen and oxygen atoms in total. The fourth-order valence-corrected chi connectivity index (χ4v) is 2.96. The molecule has 0 radical (unpaired) electrons. The number of aromatic nitrogens is 2. The lowest BCUT2D eigenvalue weighted by Crippen LogP contribution is -2.40. The minimum absolute atomic E-state index is 0.0290. The van der Waals surface area contributed by atoms with Crippen molar-refractivity contribution in [2.24, 2.45) is 5.92 Å². The second kappa shape index (κ2) is 7.92. The van der Waals surface area contributed by atoms with Crippen molar-refractivity contribution in [1.29, 1.82) is 0 Å². The van der Waals surface area contributed by atoms with E-state index in [-0.39, 0.29) is 6.03 Å². The molecule has 122 valence electrons. The number of hydrogen-bond donors (Lipinski definition) is 0. The van der Waals surface area contributed by atoms with Crippen LogP contribution in [0.3, 0.4) is 0 Å². The second-order valence-electron chi connectivity index (χ2n) is 6.01. The van der Waals surface area contributed by atoms with Gasteiger partial charge in [-0.2, -0.15) is 0 Å². The molecule has 0 saturated carbocycles. The molecule has 2 aromatic rings. The van der Waals surface area contributed by atoms with Crippen LogP contribution in [0.5, 0.6) is 0 Å². The predicted octanol–water partition coefficient (Wildman–Crippen LogP) is 3.17. The largest absolute Gasteiger partial charge is 0.377 e. The molecule has 0 N–H and O–H groups in total. The van der Waals surface area contributed by atoms with Crippen LogP contribution < -0.4 is 0 Å². The number of benzene rings is 1.